The summed E-state index contributed by atoms with van der Waals surface area (Å²) in [5.41, 5.74) is 8.27. The molecule has 0 saturated heterocycles. The summed E-state index contributed by atoms with van der Waals surface area (Å²) in [5, 5.41) is 0. The predicted octanol–water partition coefficient (Wildman–Crippen LogP) is 2.77. The standard InChI is InChI=1S/C17H21NO3/c1-19-11-12-21-16-10-6-4-8-14(16)17(18)13-7-3-5-9-15(13)20-2/h3-10,17H,11-12,18H2,1-2H3. The van der Waals surface area contributed by atoms with Gasteiger partial charge in [0.15, 0.2) is 0 Å². The van der Waals surface area contributed by atoms with Gasteiger partial charge in [-0.25, -0.2) is 0 Å². The molecule has 2 aromatic rings. The topological polar surface area (TPSA) is 53.7 Å². The Morgan fingerprint density at radius 3 is 2.05 bits per heavy atom. The second-order valence-electron chi connectivity index (χ2n) is 4.60. The van der Waals surface area contributed by atoms with E-state index in [9.17, 15) is 0 Å². The molecule has 0 bridgehead atoms. The molecule has 0 aliphatic rings. The van der Waals surface area contributed by atoms with Crippen molar-refractivity contribution in [3.63, 3.8) is 0 Å². The minimum Gasteiger partial charge on any atom is -0.496 e. The minimum absolute atomic E-state index is 0.306. The lowest BCUT2D eigenvalue weighted by atomic mass is 9.98. The summed E-state index contributed by atoms with van der Waals surface area (Å²) in [5.74, 6) is 1.55. The summed E-state index contributed by atoms with van der Waals surface area (Å²) < 4.78 is 16.1. The first kappa shape index (κ1) is 15.4. The molecule has 0 aliphatic heterocycles. The minimum atomic E-state index is -0.306. The van der Waals surface area contributed by atoms with Crippen LogP contribution < -0.4 is 15.2 Å². The lowest BCUT2D eigenvalue weighted by Gasteiger charge is -2.19. The monoisotopic (exact) mass is 287 g/mol. The van der Waals surface area contributed by atoms with Crippen molar-refractivity contribution in [2.75, 3.05) is 27.4 Å². The molecule has 0 heterocycles. The van der Waals surface area contributed by atoms with Crippen LogP contribution in [-0.4, -0.2) is 27.4 Å². The molecule has 0 aliphatic carbocycles. The molecule has 112 valence electrons. The van der Waals surface area contributed by atoms with E-state index >= 15 is 0 Å². The molecule has 21 heavy (non-hydrogen) atoms. The second kappa shape index (κ2) is 7.67. The highest BCUT2D eigenvalue weighted by atomic mass is 16.5. The van der Waals surface area contributed by atoms with Gasteiger partial charge in [-0.15, -0.1) is 0 Å². The summed E-state index contributed by atoms with van der Waals surface area (Å²) in [6, 6.07) is 15.2. The fourth-order valence-electron chi connectivity index (χ4n) is 2.19. The molecule has 1 atom stereocenters. The van der Waals surface area contributed by atoms with Crippen LogP contribution in [0, 0.1) is 0 Å². The molecule has 0 amide bonds. The maximum atomic E-state index is 6.41. The Morgan fingerprint density at radius 2 is 1.43 bits per heavy atom. The zero-order chi connectivity index (χ0) is 15.1. The second-order valence-corrected chi connectivity index (χ2v) is 4.60. The number of ether oxygens (including phenoxy) is 3. The van der Waals surface area contributed by atoms with Gasteiger partial charge < -0.3 is 19.9 Å². The van der Waals surface area contributed by atoms with Gasteiger partial charge in [-0.2, -0.15) is 0 Å². The van der Waals surface area contributed by atoms with Crippen LogP contribution in [0.4, 0.5) is 0 Å². The number of benzene rings is 2. The summed E-state index contributed by atoms with van der Waals surface area (Å²) in [7, 11) is 3.29. The summed E-state index contributed by atoms with van der Waals surface area (Å²) in [4.78, 5) is 0. The van der Waals surface area contributed by atoms with Crippen molar-refractivity contribution in [1.29, 1.82) is 0 Å². The van der Waals surface area contributed by atoms with Crippen LogP contribution in [0.1, 0.15) is 17.2 Å². The molecule has 2 N–H and O–H groups in total. The van der Waals surface area contributed by atoms with Crippen molar-refractivity contribution in [3.8, 4) is 11.5 Å². The number of para-hydroxylation sites is 2. The molecule has 2 aromatic carbocycles. The number of hydrogen-bond acceptors (Lipinski definition) is 4. The van der Waals surface area contributed by atoms with Crippen LogP contribution in [0.3, 0.4) is 0 Å². The van der Waals surface area contributed by atoms with Crippen molar-refractivity contribution in [1.82, 2.24) is 0 Å². The first-order chi connectivity index (χ1) is 10.3. The number of hydrogen-bond donors (Lipinski definition) is 1. The van der Waals surface area contributed by atoms with Gasteiger partial charge in [0, 0.05) is 18.2 Å². The molecule has 0 radical (unpaired) electrons. The molecular formula is C17H21NO3. The van der Waals surface area contributed by atoms with Crippen LogP contribution in [0.5, 0.6) is 11.5 Å². The normalized spacial score (nSPS) is 12.0. The van der Waals surface area contributed by atoms with E-state index in [-0.39, 0.29) is 6.04 Å². The van der Waals surface area contributed by atoms with E-state index in [2.05, 4.69) is 0 Å². The molecule has 4 nitrogen and oxygen atoms in total. The van der Waals surface area contributed by atoms with Crippen LogP contribution in [-0.2, 0) is 4.74 Å². The molecule has 1 unspecified atom stereocenters. The SMILES string of the molecule is COCCOc1ccccc1C(N)c1ccccc1OC. The third kappa shape index (κ3) is 3.74. The lowest BCUT2D eigenvalue weighted by Crippen LogP contribution is -2.15. The maximum Gasteiger partial charge on any atom is 0.124 e. The molecule has 0 saturated carbocycles. The summed E-state index contributed by atoms with van der Waals surface area (Å²) >= 11 is 0. The highest BCUT2D eigenvalue weighted by Gasteiger charge is 2.17. The van der Waals surface area contributed by atoms with Gasteiger partial charge in [0.1, 0.15) is 18.1 Å². The Kier molecular flexibility index (Phi) is 5.60. The smallest absolute Gasteiger partial charge is 0.124 e. The van der Waals surface area contributed by atoms with Gasteiger partial charge in [-0.3, -0.25) is 0 Å². The lowest BCUT2D eigenvalue weighted by molar-refractivity contribution is 0.145. The molecule has 0 aromatic heterocycles. The summed E-state index contributed by atoms with van der Waals surface area (Å²) in [6.07, 6.45) is 0. The molecule has 0 spiro atoms. The van der Waals surface area contributed by atoms with Gasteiger partial charge in [-0.05, 0) is 12.1 Å². The fourth-order valence-corrected chi connectivity index (χ4v) is 2.19. The Morgan fingerprint density at radius 1 is 0.857 bits per heavy atom. The van der Waals surface area contributed by atoms with Crippen LogP contribution in [0.15, 0.2) is 48.5 Å². The average Bonchev–Trinajstić information content (AvgIpc) is 2.55. The van der Waals surface area contributed by atoms with Gasteiger partial charge >= 0.3 is 0 Å². The zero-order valence-electron chi connectivity index (χ0n) is 12.4. The number of nitrogens with two attached hydrogens (primary N) is 1. The fraction of sp³-hybridized carbons (Fsp3) is 0.294. The highest BCUT2D eigenvalue weighted by Crippen LogP contribution is 2.32. The van der Waals surface area contributed by atoms with Crippen molar-refractivity contribution >= 4 is 0 Å². The third-order valence-electron chi connectivity index (χ3n) is 3.27. The van der Waals surface area contributed by atoms with Crippen molar-refractivity contribution in [2.24, 2.45) is 5.73 Å². The third-order valence-corrected chi connectivity index (χ3v) is 3.27. The van der Waals surface area contributed by atoms with E-state index in [1.54, 1.807) is 14.2 Å². The van der Waals surface area contributed by atoms with E-state index in [4.69, 9.17) is 19.9 Å². The Labute approximate surface area is 125 Å². The largest absolute Gasteiger partial charge is 0.496 e. The van der Waals surface area contributed by atoms with Crippen LogP contribution in [0.25, 0.3) is 0 Å². The van der Waals surface area contributed by atoms with Gasteiger partial charge in [0.25, 0.3) is 0 Å². The number of rotatable bonds is 7. The van der Waals surface area contributed by atoms with Crippen molar-refractivity contribution < 1.29 is 14.2 Å². The van der Waals surface area contributed by atoms with Crippen molar-refractivity contribution in [2.45, 2.75) is 6.04 Å². The highest BCUT2D eigenvalue weighted by molar-refractivity contribution is 5.46. The quantitative estimate of drug-likeness (QED) is 0.796. The molecular weight excluding hydrogens is 266 g/mol. The van der Waals surface area contributed by atoms with E-state index in [0.717, 1.165) is 22.6 Å². The first-order valence-electron chi connectivity index (χ1n) is 6.87. The zero-order valence-corrected chi connectivity index (χ0v) is 12.4. The van der Waals surface area contributed by atoms with Gasteiger partial charge in [0.05, 0.1) is 19.8 Å². The Bertz CT molecular complexity index is 571. The van der Waals surface area contributed by atoms with Crippen LogP contribution >= 0.6 is 0 Å². The maximum absolute atomic E-state index is 6.41. The number of methoxy groups -OCH3 is 2. The first-order valence-corrected chi connectivity index (χ1v) is 6.87. The van der Waals surface area contributed by atoms with Gasteiger partial charge in [0.2, 0.25) is 0 Å². The molecule has 2 rings (SSSR count). The Balaban J connectivity index is 2.28. The van der Waals surface area contributed by atoms with Crippen molar-refractivity contribution in [3.05, 3.63) is 59.7 Å². The van der Waals surface area contributed by atoms with E-state index < -0.39 is 0 Å². The van der Waals surface area contributed by atoms with E-state index in [1.165, 1.54) is 0 Å². The molecule has 0 fully saturated rings. The Hall–Kier alpha value is -2.04. The van der Waals surface area contributed by atoms with E-state index in [1.807, 2.05) is 48.5 Å². The average molecular weight is 287 g/mol. The molecule has 4 heteroatoms. The van der Waals surface area contributed by atoms with E-state index in [0.29, 0.717) is 13.2 Å². The summed E-state index contributed by atoms with van der Waals surface area (Å²) in [6.45, 7) is 1.03. The van der Waals surface area contributed by atoms with Gasteiger partial charge in [-0.1, -0.05) is 36.4 Å². The predicted molar refractivity (Wildman–Crippen MR) is 82.8 cm³/mol. The van der Waals surface area contributed by atoms with Crippen LogP contribution in [0.2, 0.25) is 0 Å².